The van der Waals surface area contributed by atoms with Crippen LogP contribution < -0.4 is 14.8 Å². The molecule has 116 valence electrons. The topological polar surface area (TPSA) is 47.6 Å². The molecule has 0 saturated carbocycles. The number of amides is 1. The van der Waals surface area contributed by atoms with Gasteiger partial charge in [-0.3, -0.25) is 5.32 Å². The summed E-state index contributed by atoms with van der Waals surface area (Å²) in [6, 6.07) is 12.8. The minimum Gasteiger partial charge on any atom is -0.492 e. The molecule has 0 spiro atoms. The molecule has 22 heavy (non-hydrogen) atoms. The lowest BCUT2D eigenvalue weighted by atomic mass is 10.2. The number of thioether (sulfide) groups is 1. The zero-order valence-electron chi connectivity index (χ0n) is 12.9. The smallest absolute Gasteiger partial charge is 0.417 e. The van der Waals surface area contributed by atoms with Gasteiger partial charge in [-0.15, -0.1) is 11.8 Å². The van der Waals surface area contributed by atoms with Crippen LogP contribution in [-0.2, 0) is 0 Å². The van der Waals surface area contributed by atoms with Crippen molar-refractivity contribution in [2.24, 2.45) is 0 Å². The molecule has 0 aliphatic carbocycles. The van der Waals surface area contributed by atoms with Crippen molar-refractivity contribution in [2.75, 3.05) is 18.2 Å². The standard InChI is InChI=1S/C17H19NO3S/c1-4-20-15-8-6-5-7-14(15)18-17(19)21-13-9-10-16(22-3)12(2)11-13/h5-11H,4H2,1-3H3,(H,18,19). The number of anilines is 1. The van der Waals surface area contributed by atoms with Gasteiger partial charge in [-0.05, 0) is 56.0 Å². The fourth-order valence-corrected chi connectivity index (χ4v) is 2.59. The molecule has 5 heteroatoms. The average Bonchev–Trinajstić information content (AvgIpc) is 2.49. The molecule has 1 amide bonds. The van der Waals surface area contributed by atoms with E-state index < -0.39 is 6.09 Å². The second kappa shape index (κ2) is 7.75. The molecule has 4 nitrogen and oxygen atoms in total. The highest BCUT2D eigenvalue weighted by Crippen LogP contribution is 2.26. The number of ether oxygens (including phenoxy) is 2. The predicted octanol–water partition coefficient (Wildman–Crippen LogP) is 4.73. The van der Waals surface area contributed by atoms with E-state index in [1.807, 2.05) is 44.4 Å². The van der Waals surface area contributed by atoms with Gasteiger partial charge in [0.2, 0.25) is 0 Å². The van der Waals surface area contributed by atoms with Gasteiger partial charge in [0.15, 0.2) is 0 Å². The lowest BCUT2D eigenvalue weighted by Crippen LogP contribution is -2.17. The zero-order chi connectivity index (χ0) is 15.9. The van der Waals surface area contributed by atoms with Crippen molar-refractivity contribution in [2.45, 2.75) is 18.7 Å². The fraction of sp³-hybridized carbons (Fsp3) is 0.235. The van der Waals surface area contributed by atoms with E-state index in [0.29, 0.717) is 23.8 Å². The van der Waals surface area contributed by atoms with Crippen molar-refractivity contribution in [3.8, 4) is 11.5 Å². The van der Waals surface area contributed by atoms with Crippen LogP contribution in [0.1, 0.15) is 12.5 Å². The summed E-state index contributed by atoms with van der Waals surface area (Å²) >= 11 is 1.66. The van der Waals surface area contributed by atoms with E-state index in [-0.39, 0.29) is 0 Å². The minimum atomic E-state index is -0.538. The Bertz CT molecular complexity index is 658. The molecule has 2 aromatic carbocycles. The normalized spacial score (nSPS) is 10.1. The molecule has 0 heterocycles. The van der Waals surface area contributed by atoms with Crippen LogP contribution in [0.15, 0.2) is 47.4 Å². The number of carbonyl (C=O) groups excluding carboxylic acids is 1. The number of hydrogen-bond acceptors (Lipinski definition) is 4. The van der Waals surface area contributed by atoms with E-state index in [0.717, 1.165) is 10.5 Å². The first-order chi connectivity index (χ1) is 10.6. The molecule has 1 N–H and O–H groups in total. The van der Waals surface area contributed by atoms with Crippen molar-refractivity contribution in [3.63, 3.8) is 0 Å². The Morgan fingerprint density at radius 2 is 2.00 bits per heavy atom. The Kier molecular flexibility index (Phi) is 5.72. The summed E-state index contributed by atoms with van der Waals surface area (Å²) in [7, 11) is 0. The van der Waals surface area contributed by atoms with E-state index in [9.17, 15) is 4.79 Å². The maximum Gasteiger partial charge on any atom is 0.417 e. The predicted molar refractivity (Wildman–Crippen MR) is 90.2 cm³/mol. The van der Waals surface area contributed by atoms with Gasteiger partial charge in [0.1, 0.15) is 11.5 Å². The largest absolute Gasteiger partial charge is 0.492 e. The van der Waals surface area contributed by atoms with Gasteiger partial charge < -0.3 is 9.47 Å². The minimum absolute atomic E-state index is 0.515. The monoisotopic (exact) mass is 317 g/mol. The van der Waals surface area contributed by atoms with E-state index in [2.05, 4.69) is 5.32 Å². The molecule has 0 aliphatic rings. The number of para-hydroxylation sites is 2. The summed E-state index contributed by atoms with van der Waals surface area (Å²) in [6.07, 6.45) is 1.48. The third-order valence-corrected chi connectivity index (χ3v) is 3.90. The summed E-state index contributed by atoms with van der Waals surface area (Å²) in [4.78, 5) is 13.2. The maximum atomic E-state index is 12.0. The number of carbonyl (C=O) groups is 1. The first kappa shape index (κ1) is 16.2. The molecule has 0 aliphatic heterocycles. The molecule has 0 radical (unpaired) electrons. The number of benzene rings is 2. The van der Waals surface area contributed by atoms with Crippen molar-refractivity contribution >= 4 is 23.5 Å². The van der Waals surface area contributed by atoms with Gasteiger partial charge in [0.25, 0.3) is 0 Å². The van der Waals surface area contributed by atoms with Crippen LogP contribution in [-0.4, -0.2) is 19.0 Å². The van der Waals surface area contributed by atoms with E-state index in [4.69, 9.17) is 9.47 Å². The van der Waals surface area contributed by atoms with Crippen molar-refractivity contribution in [3.05, 3.63) is 48.0 Å². The Labute approximate surface area is 134 Å². The summed E-state index contributed by atoms with van der Waals surface area (Å²) < 4.78 is 10.8. The Morgan fingerprint density at radius 1 is 1.23 bits per heavy atom. The third kappa shape index (κ3) is 4.18. The molecule has 0 fully saturated rings. The highest BCUT2D eigenvalue weighted by Gasteiger charge is 2.10. The Morgan fingerprint density at radius 3 is 2.68 bits per heavy atom. The maximum absolute atomic E-state index is 12.0. The van der Waals surface area contributed by atoms with Gasteiger partial charge in [0, 0.05) is 4.90 Å². The second-order valence-electron chi connectivity index (χ2n) is 4.58. The quantitative estimate of drug-likeness (QED) is 0.810. The number of rotatable bonds is 5. The van der Waals surface area contributed by atoms with Gasteiger partial charge in [0.05, 0.1) is 12.3 Å². The van der Waals surface area contributed by atoms with E-state index in [1.165, 1.54) is 0 Å². The fourth-order valence-electron chi connectivity index (χ4n) is 2.01. The van der Waals surface area contributed by atoms with E-state index in [1.54, 1.807) is 30.0 Å². The van der Waals surface area contributed by atoms with Gasteiger partial charge in [-0.25, -0.2) is 4.79 Å². The number of aryl methyl sites for hydroxylation is 1. The van der Waals surface area contributed by atoms with Crippen LogP contribution in [0.5, 0.6) is 11.5 Å². The highest BCUT2D eigenvalue weighted by molar-refractivity contribution is 7.98. The molecule has 0 atom stereocenters. The van der Waals surface area contributed by atoms with Crippen LogP contribution in [0.3, 0.4) is 0 Å². The molecule has 2 rings (SSSR count). The molecule has 0 unspecified atom stereocenters. The molecule has 0 aromatic heterocycles. The van der Waals surface area contributed by atoms with Gasteiger partial charge in [-0.2, -0.15) is 0 Å². The van der Waals surface area contributed by atoms with Crippen LogP contribution in [0.25, 0.3) is 0 Å². The molecule has 0 saturated heterocycles. The number of nitrogens with one attached hydrogen (secondary N) is 1. The molecular formula is C17H19NO3S. The van der Waals surface area contributed by atoms with Crippen molar-refractivity contribution in [1.82, 2.24) is 0 Å². The van der Waals surface area contributed by atoms with Crippen LogP contribution >= 0.6 is 11.8 Å². The third-order valence-electron chi connectivity index (χ3n) is 3.00. The first-order valence-corrected chi connectivity index (χ1v) is 8.21. The molecule has 2 aromatic rings. The molecule has 0 bridgehead atoms. The van der Waals surface area contributed by atoms with E-state index >= 15 is 0 Å². The zero-order valence-corrected chi connectivity index (χ0v) is 13.7. The second-order valence-corrected chi connectivity index (χ2v) is 5.42. The van der Waals surface area contributed by atoms with Gasteiger partial charge in [-0.1, -0.05) is 12.1 Å². The summed E-state index contributed by atoms with van der Waals surface area (Å²) in [5.41, 5.74) is 1.67. The SMILES string of the molecule is CCOc1ccccc1NC(=O)Oc1ccc(SC)c(C)c1. The summed E-state index contributed by atoms with van der Waals surface area (Å²) in [6.45, 7) is 4.41. The van der Waals surface area contributed by atoms with Crippen molar-refractivity contribution < 1.29 is 14.3 Å². The van der Waals surface area contributed by atoms with Gasteiger partial charge >= 0.3 is 6.09 Å². The lowest BCUT2D eigenvalue weighted by molar-refractivity contribution is 0.215. The Balaban J connectivity index is 2.06. The van der Waals surface area contributed by atoms with Crippen LogP contribution in [0.2, 0.25) is 0 Å². The Hall–Kier alpha value is -2.14. The number of hydrogen-bond donors (Lipinski definition) is 1. The summed E-state index contributed by atoms with van der Waals surface area (Å²) in [5.74, 6) is 1.14. The van der Waals surface area contributed by atoms with Crippen LogP contribution in [0.4, 0.5) is 10.5 Å². The molecular weight excluding hydrogens is 298 g/mol. The van der Waals surface area contributed by atoms with Crippen LogP contribution in [0, 0.1) is 6.92 Å². The summed E-state index contributed by atoms with van der Waals surface area (Å²) in [5, 5.41) is 2.70. The lowest BCUT2D eigenvalue weighted by Gasteiger charge is -2.12. The first-order valence-electron chi connectivity index (χ1n) is 6.99. The highest BCUT2D eigenvalue weighted by atomic mass is 32.2. The van der Waals surface area contributed by atoms with Crippen molar-refractivity contribution in [1.29, 1.82) is 0 Å². The average molecular weight is 317 g/mol.